The third kappa shape index (κ3) is 5.27. The number of hydrogen-bond acceptors (Lipinski definition) is 8. The number of amides is 1. The summed E-state index contributed by atoms with van der Waals surface area (Å²) in [6.45, 7) is 3.82. The van der Waals surface area contributed by atoms with Crippen LogP contribution in [0.15, 0.2) is 48.5 Å². The van der Waals surface area contributed by atoms with Gasteiger partial charge in [0.2, 0.25) is 5.75 Å². The molecule has 4 rings (SSSR count). The maximum absolute atomic E-state index is 13.9. The summed E-state index contributed by atoms with van der Waals surface area (Å²) >= 11 is 0. The molecule has 36 heavy (non-hydrogen) atoms. The van der Waals surface area contributed by atoms with Gasteiger partial charge in [-0.25, -0.2) is 4.39 Å². The molecular formula is C26H29FN4O5. The van der Waals surface area contributed by atoms with Crippen LogP contribution in [0.25, 0.3) is 11.3 Å². The molecule has 0 bridgehead atoms. The molecule has 1 unspecified atom stereocenters. The highest BCUT2D eigenvalue weighted by atomic mass is 19.1. The van der Waals surface area contributed by atoms with Crippen molar-refractivity contribution in [1.82, 2.24) is 15.1 Å². The second-order valence-electron chi connectivity index (χ2n) is 8.19. The van der Waals surface area contributed by atoms with Crippen molar-refractivity contribution in [3.8, 4) is 34.3 Å². The Labute approximate surface area is 209 Å². The molecule has 2 aromatic carbocycles. The van der Waals surface area contributed by atoms with Crippen molar-refractivity contribution in [1.29, 1.82) is 0 Å². The number of hydrogen-bond donors (Lipinski definition) is 0. The number of anilines is 1. The van der Waals surface area contributed by atoms with Gasteiger partial charge in [0.1, 0.15) is 0 Å². The molecule has 1 aliphatic heterocycles. The molecule has 0 saturated carbocycles. The number of para-hydroxylation sites is 1. The Hall–Kier alpha value is -4.08. The van der Waals surface area contributed by atoms with Gasteiger partial charge in [0, 0.05) is 31.7 Å². The van der Waals surface area contributed by atoms with E-state index in [1.807, 2.05) is 24.3 Å². The number of benzene rings is 2. The molecule has 0 N–H and O–H groups in total. The third-order valence-corrected chi connectivity index (χ3v) is 6.01. The number of methoxy groups -OCH3 is 3. The number of carbonyl (C=O) groups is 1. The average Bonchev–Trinajstić information content (AvgIpc) is 2.93. The second kappa shape index (κ2) is 11.1. The molecule has 1 atom stereocenters. The second-order valence-corrected chi connectivity index (χ2v) is 8.19. The molecule has 2 heterocycles. The minimum atomic E-state index is -0.786. The molecule has 0 radical (unpaired) electrons. The quantitative estimate of drug-likeness (QED) is 0.469. The standard InChI is InChI=1S/C26H29FN4O5/c1-17(36-21-8-6-5-7-19(21)27)26(32)31-13-11-30(12-14-31)24-10-9-20(28-29-24)18-15-22(33-2)25(35-4)23(16-18)34-3/h5-10,15-17H,11-14H2,1-4H3. The number of carbonyl (C=O) groups excluding carboxylic acids is 1. The first-order valence-electron chi connectivity index (χ1n) is 11.5. The molecule has 1 fully saturated rings. The highest BCUT2D eigenvalue weighted by Gasteiger charge is 2.27. The summed E-state index contributed by atoms with van der Waals surface area (Å²) in [5, 5.41) is 8.78. The largest absolute Gasteiger partial charge is 0.493 e. The lowest BCUT2D eigenvalue weighted by Crippen LogP contribution is -2.52. The minimum Gasteiger partial charge on any atom is -0.493 e. The summed E-state index contributed by atoms with van der Waals surface area (Å²) in [7, 11) is 4.68. The van der Waals surface area contributed by atoms with E-state index in [-0.39, 0.29) is 11.7 Å². The van der Waals surface area contributed by atoms with Crippen LogP contribution in [-0.2, 0) is 4.79 Å². The van der Waals surface area contributed by atoms with Gasteiger partial charge in [0.05, 0.1) is 27.0 Å². The first-order chi connectivity index (χ1) is 17.4. The Morgan fingerprint density at radius 1 is 0.889 bits per heavy atom. The van der Waals surface area contributed by atoms with Crippen LogP contribution < -0.4 is 23.8 Å². The summed E-state index contributed by atoms with van der Waals surface area (Å²) in [5.74, 6) is 1.69. The number of nitrogens with zero attached hydrogens (tertiary/aromatic N) is 4. The molecule has 0 spiro atoms. The highest BCUT2D eigenvalue weighted by molar-refractivity contribution is 5.81. The van der Waals surface area contributed by atoms with Crippen molar-refractivity contribution in [2.45, 2.75) is 13.0 Å². The zero-order chi connectivity index (χ0) is 25.7. The van der Waals surface area contributed by atoms with Gasteiger partial charge in [0.15, 0.2) is 35.0 Å². The maximum atomic E-state index is 13.9. The predicted octanol–water partition coefficient (Wildman–Crippen LogP) is 3.42. The van der Waals surface area contributed by atoms with Gasteiger partial charge in [-0.15, -0.1) is 10.2 Å². The van der Waals surface area contributed by atoms with Gasteiger partial charge in [-0.2, -0.15) is 0 Å². The van der Waals surface area contributed by atoms with Gasteiger partial charge < -0.3 is 28.7 Å². The fraction of sp³-hybridized carbons (Fsp3) is 0.346. The lowest BCUT2D eigenvalue weighted by molar-refractivity contribution is -0.138. The van der Waals surface area contributed by atoms with Crippen molar-refractivity contribution >= 4 is 11.7 Å². The van der Waals surface area contributed by atoms with E-state index < -0.39 is 11.9 Å². The van der Waals surface area contributed by atoms with Crippen molar-refractivity contribution in [3.63, 3.8) is 0 Å². The van der Waals surface area contributed by atoms with Crippen LogP contribution in [0.5, 0.6) is 23.0 Å². The van der Waals surface area contributed by atoms with E-state index in [0.717, 1.165) is 5.56 Å². The average molecular weight is 497 g/mol. The van der Waals surface area contributed by atoms with Crippen LogP contribution in [0.4, 0.5) is 10.2 Å². The first-order valence-corrected chi connectivity index (χ1v) is 11.5. The SMILES string of the molecule is COc1cc(-c2ccc(N3CCN(C(=O)C(C)Oc4ccccc4F)CC3)nn2)cc(OC)c1OC. The first kappa shape index (κ1) is 25.0. The summed E-state index contributed by atoms with van der Waals surface area (Å²) in [4.78, 5) is 16.6. The Morgan fingerprint density at radius 2 is 1.56 bits per heavy atom. The Balaban J connectivity index is 1.38. The number of piperazine rings is 1. The van der Waals surface area contributed by atoms with Crippen LogP contribution in [0.2, 0.25) is 0 Å². The van der Waals surface area contributed by atoms with Crippen molar-refractivity contribution < 1.29 is 28.1 Å². The molecular weight excluding hydrogens is 467 g/mol. The normalized spacial score (nSPS) is 14.2. The summed E-state index contributed by atoms with van der Waals surface area (Å²) in [6, 6.07) is 13.5. The van der Waals surface area contributed by atoms with Gasteiger partial charge >= 0.3 is 0 Å². The maximum Gasteiger partial charge on any atom is 0.263 e. The van der Waals surface area contributed by atoms with E-state index in [4.69, 9.17) is 18.9 Å². The topological polar surface area (TPSA) is 86.3 Å². The van der Waals surface area contributed by atoms with E-state index in [1.165, 1.54) is 12.1 Å². The number of rotatable bonds is 8. The zero-order valence-corrected chi connectivity index (χ0v) is 20.7. The predicted molar refractivity (Wildman–Crippen MR) is 132 cm³/mol. The Kier molecular flexibility index (Phi) is 7.72. The van der Waals surface area contributed by atoms with E-state index in [1.54, 1.807) is 45.3 Å². The third-order valence-electron chi connectivity index (χ3n) is 6.01. The molecule has 0 aliphatic carbocycles. The molecule has 1 amide bonds. The van der Waals surface area contributed by atoms with Crippen molar-refractivity contribution in [2.75, 3.05) is 52.4 Å². The lowest BCUT2D eigenvalue weighted by Gasteiger charge is -2.36. The van der Waals surface area contributed by atoms with Gasteiger partial charge in [-0.3, -0.25) is 4.79 Å². The minimum absolute atomic E-state index is 0.0689. The molecule has 3 aromatic rings. The van der Waals surface area contributed by atoms with E-state index in [0.29, 0.717) is 54.9 Å². The van der Waals surface area contributed by atoms with E-state index in [9.17, 15) is 9.18 Å². The number of ether oxygens (including phenoxy) is 4. The molecule has 10 heteroatoms. The van der Waals surface area contributed by atoms with E-state index >= 15 is 0 Å². The number of aromatic nitrogens is 2. The van der Waals surface area contributed by atoms with E-state index in [2.05, 4.69) is 15.1 Å². The summed E-state index contributed by atoms with van der Waals surface area (Å²) < 4.78 is 35.6. The Morgan fingerprint density at radius 3 is 2.11 bits per heavy atom. The fourth-order valence-corrected chi connectivity index (χ4v) is 4.07. The van der Waals surface area contributed by atoms with Crippen molar-refractivity contribution in [2.24, 2.45) is 0 Å². The van der Waals surface area contributed by atoms with Crippen LogP contribution >= 0.6 is 0 Å². The van der Waals surface area contributed by atoms with Gasteiger partial charge in [0.25, 0.3) is 5.91 Å². The van der Waals surface area contributed by atoms with Crippen LogP contribution in [-0.4, -0.2) is 74.6 Å². The van der Waals surface area contributed by atoms with Gasteiger partial charge in [-0.05, 0) is 43.3 Å². The van der Waals surface area contributed by atoms with Crippen LogP contribution in [0.1, 0.15) is 6.92 Å². The monoisotopic (exact) mass is 496 g/mol. The Bertz CT molecular complexity index is 1170. The fourth-order valence-electron chi connectivity index (χ4n) is 4.07. The van der Waals surface area contributed by atoms with Crippen molar-refractivity contribution in [3.05, 3.63) is 54.3 Å². The van der Waals surface area contributed by atoms with Gasteiger partial charge in [-0.1, -0.05) is 12.1 Å². The number of halogens is 1. The summed E-state index contributed by atoms with van der Waals surface area (Å²) in [6.07, 6.45) is -0.786. The zero-order valence-electron chi connectivity index (χ0n) is 20.7. The molecule has 9 nitrogen and oxygen atoms in total. The van der Waals surface area contributed by atoms with Crippen LogP contribution in [0.3, 0.4) is 0 Å². The molecule has 190 valence electrons. The highest BCUT2D eigenvalue weighted by Crippen LogP contribution is 2.40. The summed E-state index contributed by atoms with van der Waals surface area (Å²) in [5.41, 5.74) is 1.44. The molecule has 1 aromatic heterocycles. The molecule has 1 aliphatic rings. The van der Waals surface area contributed by atoms with Crippen LogP contribution in [0, 0.1) is 5.82 Å². The molecule has 1 saturated heterocycles. The lowest BCUT2D eigenvalue weighted by atomic mass is 10.1. The smallest absolute Gasteiger partial charge is 0.263 e.